The topological polar surface area (TPSA) is 29.9 Å². The normalized spacial score (nSPS) is 12.6. The van der Waals surface area contributed by atoms with Gasteiger partial charge in [-0.3, -0.25) is 4.68 Å². The summed E-state index contributed by atoms with van der Waals surface area (Å²) >= 11 is 1.86. The first kappa shape index (κ1) is 15.1. The van der Waals surface area contributed by atoms with Gasteiger partial charge in [0.25, 0.3) is 0 Å². The van der Waals surface area contributed by atoms with Crippen molar-refractivity contribution in [3.8, 4) is 0 Å². The Morgan fingerprint density at radius 3 is 2.80 bits per heavy atom. The Kier molecular flexibility index (Phi) is 5.26. The molecule has 1 atom stereocenters. The number of aromatic nitrogens is 2. The lowest BCUT2D eigenvalue weighted by molar-refractivity contribution is 0.651. The summed E-state index contributed by atoms with van der Waals surface area (Å²) in [6.07, 6.45) is 0.994. The summed E-state index contributed by atoms with van der Waals surface area (Å²) in [6.45, 7) is 4.32. The zero-order chi connectivity index (χ0) is 14.5. The molecule has 4 heteroatoms. The Balaban J connectivity index is 2.05. The molecule has 0 amide bonds. The molecule has 0 spiro atoms. The van der Waals surface area contributed by atoms with E-state index in [1.165, 1.54) is 21.8 Å². The fourth-order valence-corrected chi connectivity index (χ4v) is 3.06. The van der Waals surface area contributed by atoms with Crippen LogP contribution in [0.25, 0.3) is 0 Å². The summed E-state index contributed by atoms with van der Waals surface area (Å²) in [6, 6.07) is 11.3. The summed E-state index contributed by atoms with van der Waals surface area (Å²) in [7, 11) is 4.01. The van der Waals surface area contributed by atoms with E-state index in [4.69, 9.17) is 0 Å². The molecule has 1 N–H and O–H groups in total. The van der Waals surface area contributed by atoms with Gasteiger partial charge >= 0.3 is 0 Å². The molecule has 0 bridgehead atoms. The van der Waals surface area contributed by atoms with Gasteiger partial charge in [0, 0.05) is 29.4 Å². The molecule has 3 nitrogen and oxygen atoms in total. The number of rotatable bonds is 6. The standard InChI is InChI=1S/C16H23N3S/c1-5-14-10-15(19(4)18-14)11-20-16-8-6-7-13(9-16)12(2)17-3/h6-10,12,17H,5,11H2,1-4H3. The second-order valence-electron chi connectivity index (χ2n) is 4.98. The van der Waals surface area contributed by atoms with Crippen LogP contribution in [0, 0.1) is 0 Å². The van der Waals surface area contributed by atoms with Gasteiger partial charge in [-0.25, -0.2) is 0 Å². The van der Waals surface area contributed by atoms with Crippen LogP contribution in [-0.2, 0) is 19.2 Å². The molecule has 108 valence electrons. The van der Waals surface area contributed by atoms with Gasteiger partial charge in [-0.2, -0.15) is 5.10 Å². The van der Waals surface area contributed by atoms with Crippen LogP contribution in [0.1, 0.15) is 36.8 Å². The number of hydrogen-bond acceptors (Lipinski definition) is 3. The second kappa shape index (κ2) is 6.95. The molecule has 2 aromatic rings. The number of hydrogen-bond donors (Lipinski definition) is 1. The minimum Gasteiger partial charge on any atom is -0.313 e. The first-order valence-electron chi connectivity index (χ1n) is 7.05. The number of aryl methyl sites for hydroxylation is 2. The summed E-state index contributed by atoms with van der Waals surface area (Å²) < 4.78 is 1.99. The molecule has 0 fully saturated rings. The predicted octanol–water partition coefficient (Wildman–Crippen LogP) is 3.56. The third-order valence-electron chi connectivity index (χ3n) is 3.57. The lowest BCUT2D eigenvalue weighted by atomic mass is 10.1. The quantitative estimate of drug-likeness (QED) is 0.825. The lowest BCUT2D eigenvalue weighted by Crippen LogP contribution is -2.12. The highest BCUT2D eigenvalue weighted by Crippen LogP contribution is 2.25. The van der Waals surface area contributed by atoms with Gasteiger partial charge in [-0.1, -0.05) is 19.1 Å². The Morgan fingerprint density at radius 1 is 1.35 bits per heavy atom. The summed E-state index contributed by atoms with van der Waals surface area (Å²) in [5, 5.41) is 7.77. The highest BCUT2D eigenvalue weighted by molar-refractivity contribution is 7.98. The van der Waals surface area contributed by atoms with Gasteiger partial charge < -0.3 is 5.32 Å². The maximum absolute atomic E-state index is 4.49. The van der Waals surface area contributed by atoms with E-state index in [-0.39, 0.29) is 0 Å². The van der Waals surface area contributed by atoms with Crippen molar-refractivity contribution >= 4 is 11.8 Å². The number of nitrogens with zero attached hydrogens (tertiary/aromatic N) is 2. The minimum absolute atomic E-state index is 0.388. The SMILES string of the molecule is CCc1cc(CSc2cccc(C(C)NC)c2)n(C)n1. The zero-order valence-corrected chi connectivity index (χ0v) is 13.5. The van der Waals surface area contributed by atoms with Crippen LogP contribution >= 0.6 is 11.8 Å². The smallest absolute Gasteiger partial charge is 0.0625 e. The van der Waals surface area contributed by atoms with Crippen molar-refractivity contribution < 1.29 is 0 Å². The van der Waals surface area contributed by atoms with E-state index in [1.807, 2.05) is 30.5 Å². The molecule has 20 heavy (non-hydrogen) atoms. The molecule has 1 aromatic heterocycles. The first-order valence-corrected chi connectivity index (χ1v) is 8.04. The maximum Gasteiger partial charge on any atom is 0.0625 e. The average molecular weight is 289 g/mol. The third kappa shape index (κ3) is 3.64. The highest BCUT2D eigenvalue weighted by atomic mass is 32.2. The zero-order valence-electron chi connectivity index (χ0n) is 12.7. The summed E-state index contributed by atoms with van der Waals surface area (Å²) in [5.74, 6) is 0.959. The maximum atomic E-state index is 4.49. The fraction of sp³-hybridized carbons (Fsp3) is 0.438. The van der Waals surface area contributed by atoms with E-state index in [2.05, 4.69) is 54.6 Å². The van der Waals surface area contributed by atoms with Crippen molar-refractivity contribution in [2.75, 3.05) is 7.05 Å². The van der Waals surface area contributed by atoms with Crippen LogP contribution in [-0.4, -0.2) is 16.8 Å². The third-order valence-corrected chi connectivity index (χ3v) is 4.59. The van der Waals surface area contributed by atoms with Crippen LogP contribution in [0.5, 0.6) is 0 Å². The molecule has 1 heterocycles. The lowest BCUT2D eigenvalue weighted by Gasteiger charge is -2.11. The number of benzene rings is 1. The molecule has 0 aliphatic heterocycles. The van der Waals surface area contributed by atoms with Gasteiger partial charge in [0.15, 0.2) is 0 Å². The predicted molar refractivity (Wildman–Crippen MR) is 86.1 cm³/mol. The van der Waals surface area contributed by atoms with Gasteiger partial charge in [0.05, 0.1) is 5.69 Å². The minimum atomic E-state index is 0.388. The van der Waals surface area contributed by atoms with E-state index in [1.54, 1.807) is 0 Å². The average Bonchev–Trinajstić information content (AvgIpc) is 2.85. The second-order valence-corrected chi connectivity index (χ2v) is 6.02. The van der Waals surface area contributed by atoms with E-state index in [0.29, 0.717) is 6.04 Å². The summed E-state index contributed by atoms with van der Waals surface area (Å²) in [5.41, 5.74) is 3.77. The largest absolute Gasteiger partial charge is 0.313 e. The van der Waals surface area contributed by atoms with Crippen molar-refractivity contribution in [1.82, 2.24) is 15.1 Å². The van der Waals surface area contributed by atoms with Crippen LogP contribution in [0.3, 0.4) is 0 Å². The van der Waals surface area contributed by atoms with Gasteiger partial charge in [-0.15, -0.1) is 11.8 Å². The van der Waals surface area contributed by atoms with Crippen LogP contribution in [0.2, 0.25) is 0 Å². The van der Waals surface area contributed by atoms with Gasteiger partial charge in [-0.05, 0) is 44.2 Å². The molecule has 1 aromatic carbocycles. The first-order chi connectivity index (χ1) is 9.63. The van der Waals surface area contributed by atoms with Crippen molar-refractivity contribution in [2.45, 2.75) is 37.0 Å². The number of nitrogens with one attached hydrogen (secondary N) is 1. The van der Waals surface area contributed by atoms with Crippen molar-refractivity contribution in [3.05, 3.63) is 47.3 Å². The Morgan fingerprint density at radius 2 is 2.15 bits per heavy atom. The van der Waals surface area contributed by atoms with Gasteiger partial charge in [0.2, 0.25) is 0 Å². The van der Waals surface area contributed by atoms with Gasteiger partial charge in [0.1, 0.15) is 0 Å². The van der Waals surface area contributed by atoms with Crippen molar-refractivity contribution in [2.24, 2.45) is 7.05 Å². The Hall–Kier alpha value is -1.26. The van der Waals surface area contributed by atoms with E-state index in [9.17, 15) is 0 Å². The van der Waals surface area contributed by atoms with E-state index < -0.39 is 0 Å². The molecular weight excluding hydrogens is 266 g/mol. The Bertz CT molecular complexity index is 563. The monoisotopic (exact) mass is 289 g/mol. The molecule has 2 rings (SSSR count). The van der Waals surface area contributed by atoms with Crippen LogP contribution < -0.4 is 5.32 Å². The molecule has 0 aliphatic rings. The molecular formula is C16H23N3S. The molecule has 0 aliphatic carbocycles. The Labute approximate surface area is 125 Å². The van der Waals surface area contributed by atoms with Crippen molar-refractivity contribution in [3.63, 3.8) is 0 Å². The fourth-order valence-electron chi connectivity index (χ4n) is 2.08. The molecule has 0 saturated carbocycles. The van der Waals surface area contributed by atoms with Crippen LogP contribution in [0.4, 0.5) is 0 Å². The van der Waals surface area contributed by atoms with Crippen LogP contribution in [0.15, 0.2) is 35.2 Å². The number of thioether (sulfide) groups is 1. The molecule has 0 saturated heterocycles. The van der Waals surface area contributed by atoms with E-state index in [0.717, 1.165) is 12.2 Å². The molecule has 1 unspecified atom stereocenters. The van der Waals surface area contributed by atoms with E-state index >= 15 is 0 Å². The summed E-state index contributed by atoms with van der Waals surface area (Å²) in [4.78, 5) is 1.31. The highest BCUT2D eigenvalue weighted by Gasteiger charge is 2.06. The molecule has 0 radical (unpaired) electrons. The van der Waals surface area contributed by atoms with Crippen molar-refractivity contribution in [1.29, 1.82) is 0 Å².